The van der Waals surface area contributed by atoms with Gasteiger partial charge in [0, 0.05) is 17.7 Å². The fourth-order valence-corrected chi connectivity index (χ4v) is 1.99. The normalized spacial score (nSPS) is 10.2. The van der Waals surface area contributed by atoms with Crippen molar-refractivity contribution < 1.29 is 14.8 Å². The van der Waals surface area contributed by atoms with E-state index in [1.165, 1.54) is 18.2 Å². The summed E-state index contributed by atoms with van der Waals surface area (Å²) in [6.45, 7) is -0.138. The van der Waals surface area contributed by atoms with Gasteiger partial charge in [0.25, 0.3) is 5.69 Å². The number of halogens is 1. The van der Waals surface area contributed by atoms with Crippen LogP contribution in [0.5, 0.6) is 11.5 Å². The summed E-state index contributed by atoms with van der Waals surface area (Å²) in [6, 6.07) is 11.3. The lowest BCUT2D eigenvalue weighted by molar-refractivity contribution is -0.384. The molecule has 0 fully saturated rings. The van der Waals surface area contributed by atoms with Gasteiger partial charge < -0.3 is 9.84 Å². The molecule has 0 unspecified atom stereocenters. The predicted molar refractivity (Wildman–Crippen MR) is 73.2 cm³/mol. The zero-order chi connectivity index (χ0) is 13.8. The van der Waals surface area contributed by atoms with Crippen molar-refractivity contribution in [1.82, 2.24) is 0 Å². The summed E-state index contributed by atoms with van der Waals surface area (Å²) in [6.07, 6.45) is 0. The number of non-ortho nitro benzene ring substituents is 1. The minimum absolute atomic E-state index is 0.0188. The van der Waals surface area contributed by atoms with Crippen LogP contribution in [0.25, 0.3) is 0 Å². The highest BCUT2D eigenvalue weighted by atomic mass is 79.9. The molecule has 98 valence electrons. The van der Waals surface area contributed by atoms with Crippen LogP contribution in [-0.4, -0.2) is 10.0 Å². The van der Waals surface area contributed by atoms with Crippen LogP contribution in [0, 0.1) is 10.1 Å². The molecule has 19 heavy (non-hydrogen) atoms. The average Bonchev–Trinajstić information content (AvgIpc) is 2.41. The molecule has 0 bridgehead atoms. The minimum Gasteiger partial charge on any atom is -0.456 e. The molecule has 0 aliphatic rings. The van der Waals surface area contributed by atoms with Crippen molar-refractivity contribution in [3.63, 3.8) is 0 Å². The zero-order valence-electron chi connectivity index (χ0n) is 9.75. The first-order chi connectivity index (χ1) is 9.11. The second-order valence-electron chi connectivity index (χ2n) is 3.74. The van der Waals surface area contributed by atoms with E-state index in [0.717, 1.165) is 0 Å². The third-order valence-corrected chi connectivity index (χ3v) is 3.11. The van der Waals surface area contributed by atoms with Gasteiger partial charge in [0.2, 0.25) is 0 Å². The summed E-state index contributed by atoms with van der Waals surface area (Å²) >= 11 is 3.23. The number of nitro benzene ring substituents is 1. The molecule has 0 saturated heterocycles. The van der Waals surface area contributed by atoms with E-state index in [0.29, 0.717) is 21.5 Å². The summed E-state index contributed by atoms with van der Waals surface area (Å²) in [4.78, 5) is 10.2. The molecule has 6 heteroatoms. The Hall–Kier alpha value is -1.92. The van der Waals surface area contributed by atoms with Gasteiger partial charge >= 0.3 is 0 Å². The summed E-state index contributed by atoms with van der Waals surface area (Å²) < 4.78 is 6.12. The summed E-state index contributed by atoms with van der Waals surface area (Å²) in [5.74, 6) is 0.964. The highest BCUT2D eigenvalue weighted by Gasteiger charge is 2.11. The number of rotatable bonds is 4. The van der Waals surface area contributed by atoms with Gasteiger partial charge in [-0.3, -0.25) is 10.1 Å². The van der Waals surface area contributed by atoms with E-state index in [-0.39, 0.29) is 12.3 Å². The predicted octanol–water partition coefficient (Wildman–Crippen LogP) is 3.64. The number of aliphatic hydroxyl groups is 1. The van der Waals surface area contributed by atoms with Gasteiger partial charge in [-0.15, -0.1) is 0 Å². The molecular formula is C13H10BrNO4. The lowest BCUT2D eigenvalue weighted by Crippen LogP contribution is -1.93. The molecule has 5 nitrogen and oxygen atoms in total. The van der Waals surface area contributed by atoms with Crippen molar-refractivity contribution in [3.8, 4) is 11.5 Å². The largest absolute Gasteiger partial charge is 0.456 e. The van der Waals surface area contributed by atoms with E-state index in [4.69, 9.17) is 4.74 Å². The van der Waals surface area contributed by atoms with Crippen molar-refractivity contribution in [3.05, 3.63) is 62.6 Å². The maximum atomic E-state index is 10.6. The van der Waals surface area contributed by atoms with E-state index in [2.05, 4.69) is 15.9 Å². The Morgan fingerprint density at radius 3 is 2.58 bits per heavy atom. The second kappa shape index (κ2) is 5.81. The molecule has 2 aromatic carbocycles. The first-order valence-corrected chi connectivity index (χ1v) is 6.21. The number of ether oxygens (including phenoxy) is 1. The van der Waals surface area contributed by atoms with E-state index in [9.17, 15) is 15.2 Å². The Morgan fingerprint density at radius 1 is 1.21 bits per heavy atom. The number of nitrogens with zero attached hydrogens (tertiary/aromatic N) is 1. The maximum absolute atomic E-state index is 10.6. The van der Waals surface area contributed by atoms with Crippen molar-refractivity contribution in [2.24, 2.45) is 0 Å². The number of para-hydroxylation sites is 1. The van der Waals surface area contributed by atoms with Gasteiger partial charge in [0.1, 0.15) is 11.5 Å². The fraction of sp³-hybridized carbons (Fsp3) is 0.0769. The molecule has 0 radical (unpaired) electrons. The van der Waals surface area contributed by atoms with E-state index >= 15 is 0 Å². The molecule has 0 aromatic heterocycles. The van der Waals surface area contributed by atoms with Crippen LogP contribution in [0.1, 0.15) is 5.56 Å². The summed E-state index contributed by atoms with van der Waals surface area (Å²) in [5, 5.41) is 19.8. The Morgan fingerprint density at radius 2 is 1.95 bits per heavy atom. The number of hydrogen-bond donors (Lipinski definition) is 1. The van der Waals surface area contributed by atoms with Crippen LogP contribution < -0.4 is 4.74 Å². The maximum Gasteiger partial charge on any atom is 0.270 e. The SMILES string of the molecule is O=[N+]([O-])c1ccc(Oc2ccccc2CO)c(Br)c1. The van der Waals surface area contributed by atoms with Crippen LogP contribution in [0.3, 0.4) is 0 Å². The monoisotopic (exact) mass is 323 g/mol. The lowest BCUT2D eigenvalue weighted by Gasteiger charge is -2.10. The molecule has 0 heterocycles. The van der Waals surface area contributed by atoms with Crippen LogP contribution in [0.2, 0.25) is 0 Å². The van der Waals surface area contributed by atoms with Crippen LogP contribution in [0.15, 0.2) is 46.9 Å². The summed E-state index contributed by atoms with van der Waals surface area (Å²) in [5.41, 5.74) is 0.627. The first-order valence-electron chi connectivity index (χ1n) is 5.42. The molecule has 0 amide bonds. The van der Waals surface area contributed by atoms with Crippen LogP contribution >= 0.6 is 15.9 Å². The first kappa shape index (κ1) is 13.5. The smallest absolute Gasteiger partial charge is 0.270 e. The molecule has 0 atom stereocenters. The minimum atomic E-state index is -0.476. The lowest BCUT2D eigenvalue weighted by atomic mass is 10.2. The Bertz CT molecular complexity index is 615. The van der Waals surface area contributed by atoms with Crippen molar-refractivity contribution in [2.75, 3.05) is 0 Å². The van der Waals surface area contributed by atoms with Crippen LogP contribution in [0.4, 0.5) is 5.69 Å². The molecule has 2 aromatic rings. The summed E-state index contributed by atoms with van der Waals surface area (Å²) in [7, 11) is 0. The molecule has 0 aliphatic carbocycles. The average molecular weight is 324 g/mol. The third kappa shape index (κ3) is 3.10. The third-order valence-electron chi connectivity index (χ3n) is 2.49. The van der Waals surface area contributed by atoms with Gasteiger partial charge in [-0.1, -0.05) is 18.2 Å². The van der Waals surface area contributed by atoms with Crippen molar-refractivity contribution in [2.45, 2.75) is 6.61 Å². The van der Waals surface area contributed by atoms with Gasteiger partial charge in [0.15, 0.2) is 0 Å². The van der Waals surface area contributed by atoms with Gasteiger partial charge in [-0.25, -0.2) is 0 Å². The molecule has 1 N–H and O–H groups in total. The standard InChI is InChI=1S/C13H10BrNO4/c14-11-7-10(15(17)18)5-6-13(11)19-12-4-2-1-3-9(12)8-16/h1-7,16H,8H2. The Kier molecular flexibility index (Phi) is 4.13. The quantitative estimate of drug-likeness (QED) is 0.688. The van der Waals surface area contributed by atoms with Crippen molar-refractivity contribution >= 4 is 21.6 Å². The van der Waals surface area contributed by atoms with Crippen molar-refractivity contribution in [1.29, 1.82) is 0 Å². The number of aliphatic hydroxyl groups excluding tert-OH is 1. The molecule has 0 spiro atoms. The topological polar surface area (TPSA) is 72.6 Å². The van der Waals surface area contributed by atoms with Crippen LogP contribution in [-0.2, 0) is 6.61 Å². The molecule has 0 aliphatic heterocycles. The fourth-order valence-electron chi connectivity index (χ4n) is 1.54. The van der Waals surface area contributed by atoms with Gasteiger partial charge in [-0.2, -0.15) is 0 Å². The van der Waals surface area contributed by atoms with Gasteiger partial charge in [-0.05, 0) is 28.1 Å². The highest BCUT2D eigenvalue weighted by molar-refractivity contribution is 9.10. The molecule has 2 rings (SSSR count). The molecule has 0 saturated carbocycles. The van der Waals surface area contributed by atoms with Gasteiger partial charge in [0.05, 0.1) is 16.0 Å². The Balaban J connectivity index is 2.31. The number of benzene rings is 2. The van der Waals surface area contributed by atoms with E-state index in [1.807, 2.05) is 0 Å². The Labute approximate surface area is 117 Å². The van der Waals surface area contributed by atoms with E-state index in [1.54, 1.807) is 24.3 Å². The second-order valence-corrected chi connectivity index (χ2v) is 4.59. The highest BCUT2D eigenvalue weighted by Crippen LogP contribution is 2.33. The van der Waals surface area contributed by atoms with E-state index < -0.39 is 4.92 Å². The molecular weight excluding hydrogens is 314 g/mol. The zero-order valence-corrected chi connectivity index (χ0v) is 11.3. The number of nitro groups is 1. The number of hydrogen-bond acceptors (Lipinski definition) is 4.